The summed E-state index contributed by atoms with van der Waals surface area (Å²) >= 11 is 0. The van der Waals surface area contributed by atoms with Crippen molar-refractivity contribution in [1.82, 2.24) is 4.90 Å². The molecule has 0 bridgehead atoms. The van der Waals surface area contributed by atoms with Crippen LogP contribution in [0.25, 0.3) is 0 Å². The van der Waals surface area contributed by atoms with Gasteiger partial charge in [-0.2, -0.15) is 4.91 Å². The van der Waals surface area contributed by atoms with Gasteiger partial charge in [0.05, 0.1) is 7.11 Å². The number of aryl methyl sites for hydroxylation is 2. The van der Waals surface area contributed by atoms with Crippen LogP contribution in [0.2, 0.25) is 0 Å². The van der Waals surface area contributed by atoms with E-state index in [1.165, 1.54) is 5.56 Å². The molecule has 0 aliphatic carbocycles. The smallest absolute Gasteiger partial charge is 0.138 e. The molecule has 0 N–H and O–H groups in total. The number of nitrogens with zero attached hydrogens (tertiary/aromatic N) is 2. The SMILES string of the molecule is COc1cccc(CCc2ccccc2OC[C@@H](CN(C)C)N=O)c1. The maximum atomic E-state index is 10.9. The van der Waals surface area contributed by atoms with Crippen LogP contribution in [0.1, 0.15) is 11.1 Å². The summed E-state index contributed by atoms with van der Waals surface area (Å²) in [6.45, 7) is 0.868. The topological polar surface area (TPSA) is 51.1 Å². The molecular formula is C20H26N2O3. The predicted octanol–water partition coefficient (Wildman–Crippen LogP) is 3.56. The van der Waals surface area contributed by atoms with Crippen LogP contribution in [0.3, 0.4) is 0 Å². The summed E-state index contributed by atoms with van der Waals surface area (Å²) in [5, 5.41) is 3.16. The molecule has 0 radical (unpaired) electrons. The van der Waals surface area contributed by atoms with Crippen molar-refractivity contribution in [3.05, 3.63) is 64.6 Å². The monoisotopic (exact) mass is 342 g/mol. The lowest BCUT2D eigenvalue weighted by molar-refractivity contribution is 0.252. The number of ether oxygens (including phenoxy) is 2. The standard InChI is InChI=1S/C20H26N2O3/c1-22(2)14-18(21-23)15-25-20-10-5-4-8-17(20)12-11-16-7-6-9-19(13-16)24-3/h4-10,13,18H,11-12,14-15H2,1-3H3/t18-/m1/s1. The van der Waals surface area contributed by atoms with Gasteiger partial charge in [0.15, 0.2) is 0 Å². The Kier molecular flexibility index (Phi) is 7.41. The Balaban J connectivity index is 1.98. The molecular weight excluding hydrogens is 316 g/mol. The highest BCUT2D eigenvalue weighted by Gasteiger charge is 2.12. The Bertz CT molecular complexity index is 673. The molecule has 0 fully saturated rings. The average Bonchev–Trinajstić information content (AvgIpc) is 2.64. The largest absolute Gasteiger partial charge is 0.497 e. The number of rotatable bonds is 10. The van der Waals surface area contributed by atoms with E-state index in [2.05, 4.69) is 17.3 Å². The number of hydrogen-bond donors (Lipinski definition) is 0. The molecule has 5 nitrogen and oxygen atoms in total. The molecule has 2 rings (SSSR count). The number of methoxy groups -OCH3 is 1. The van der Waals surface area contributed by atoms with E-state index < -0.39 is 0 Å². The maximum absolute atomic E-state index is 10.9. The van der Waals surface area contributed by atoms with Gasteiger partial charge in [-0.1, -0.05) is 35.5 Å². The molecule has 0 amide bonds. The van der Waals surface area contributed by atoms with Crippen molar-refractivity contribution in [3.8, 4) is 11.5 Å². The molecule has 1 atom stereocenters. The number of benzene rings is 2. The van der Waals surface area contributed by atoms with Gasteiger partial charge in [0.2, 0.25) is 0 Å². The Morgan fingerprint density at radius 3 is 2.60 bits per heavy atom. The number of para-hydroxylation sites is 1. The highest BCUT2D eigenvalue weighted by molar-refractivity contribution is 5.35. The van der Waals surface area contributed by atoms with Crippen molar-refractivity contribution in [2.75, 3.05) is 34.4 Å². The van der Waals surface area contributed by atoms with E-state index in [0.29, 0.717) is 6.54 Å². The third-order valence-corrected chi connectivity index (χ3v) is 3.95. The molecule has 0 saturated heterocycles. The van der Waals surface area contributed by atoms with Crippen LogP contribution in [0, 0.1) is 4.91 Å². The Morgan fingerprint density at radius 2 is 1.88 bits per heavy atom. The number of likely N-dealkylation sites (N-methyl/N-ethyl adjacent to an activating group) is 1. The van der Waals surface area contributed by atoms with Crippen LogP contribution < -0.4 is 9.47 Å². The van der Waals surface area contributed by atoms with E-state index in [0.717, 1.165) is 29.9 Å². The quantitative estimate of drug-likeness (QED) is 0.620. The molecule has 0 aromatic heterocycles. The first kappa shape index (κ1) is 18.9. The van der Waals surface area contributed by atoms with Crippen LogP contribution in [0.5, 0.6) is 11.5 Å². The molecule has 0 aliphatic rings. The lowest BCUT2D eigenvalue weighted by Crippen LogP contribution is -2.29. The highest BCUT2D eigenvalue weighted by Crippen LogP contribution is 2.21. The van der Waals surface area contributed by atoms with Crippen molar-refractivity contribution in [2.24, 2.45) is 5.18 Å². The molecule has 134 valence electrons. The van der Waals surface area contributed by atoms with Gasteiger partial charge < -0.3 is 14.4 Å². The molecule has 2 aromatic carbocycles. The molecule has 5 heteroatoms. The van der Waals surface area contributed by atoms with Gasteiger partial charge in [-0.05, 0) is 56.3 Å². The molecule has 0 aliphatic heterocycles. The molecule has 0 saturated carbocycles. The van der Waals surface area contributed by atoms with E-state index in [1.807, 2.05) is 55.4 Å². The van der Waals surface area contributed by atoms with Gasteiger partial charge in [-0.25, -0.2) is 0 Å². The van der Waals surface area contributed by atoms with Gasteiger partial charge in [-0.15, -0.1) is 0 Å². The maximum Gasteiger partial charge on any atom is 0.138 e. The summed E-state index contributed by atoms with van der Waals surface area (Å²) in [5.74, 6) is 1.68. The predicted molar refractivity (Wildman–Crippen MR) is 100 cm³/mol. The van der Waals surface area contributed by atoms with Crippen molar-refractivity contribution < 1.29 is 9.47 Å². The summed E-state index contributed by atoms with van der Waals surface area (Å²) in [7, 11) is 5.51. The average molecular weight is 342 g/mol. The Labute approximate surface area is 149 Å². The summed E-state index contributed by atoms with van der Waals surface area (Å²) < 4.78 is 11.2. The van der Waals surface area contributed by atoms with Gasteiger partial charge in [0, 0.05) is 6.54 Å². The number of nitroso groups, excluding NO2 is 1. The number of hydrogen-bond acceptors (Lipinski definition) is 5. The van der Waals surface area contributed by atoms with Gasteiger partial charge in [-0.3, -0.25) is 0 Å². The summed E-state index contributed by atoms with van der Waals surface area (Å²) in [6.07, 6.45) is 1.75. The second-order valence-electron chi connectivity index (χ2n) is 6.29. The third kappa shape index (κ3) is 6.19. The van der Waals surface area contributed by atoms with Crippen molar-refractivity contribution >= 4 is 0 Å². The Hall–Kier alpha value is -2.40. The van der Waals surface area contributed by atoms with Gasteiger partial charge in [0.1, 0.15) is 24.1 Å². The minimum Gasteiger partial charge on any atom is -0.497 e. The van der Waals surface area contributed by atoms with Gasteiger partial charge in [0.25, 0.3) is 0 Å². The highest BCUT2D eigenvalue weighted by atomic mass is 16.5. The van der Waals surface area contributed by atoms with Crippen molar-refractivity contribution in [2.45, 2.75) is 18.9 Å². The zero-order valence-corrected chi connectivity index (χ0v) is 15.1. The summed E-state index contributed by atoms with van der Waals surface area (Å²) in [4.78, 5) is 12.9. The lowest BCUT2D eigenvalue weighted by atomic mass is 10.0. The normalized spacial score (nSPS) is 12.0. The lowest BCUT2D eigenvalue weighted by Gasteiger charge is -2.17. The van der Waals surface area contributed by atoms with Gasteiger partial charge >= 0.3 is 0 Å². The van der Waals surface area contributed by atoms with E-state index in [4.69, 9.17) is 9.47 Å². The third-order valence-electron chi connectivity index (χ3n) is 3.95. The van der Waals surface area contributed by atoms with Crippen molar-refractivity contribution in [1.29, 1.82) is 0 Å². The van der Waals surface area contributed by atoms with E-state index in [9.17, 15) is 4.91 Å². The Morgan fingerprint density at radius 1 is 1.08 bits per heavy atom. The van der Waals surface area contributed by atoms with E-state index >= 15 is 0 Å². The van der Waals surface area contributed by atoms with Crippen molar-refractivity contribution in [3.63, 3.8) is 0 Å². The van der Waals surface area contributed by atoms with Crippen LogP contribution in [0.15, 0.2) is 53.7 Å². The molecule has 2 aromatic rings. The summed E-state index contributed by atoms with van der Waals surface area (Å²) in [5.41, 5.74) is 2.34. The fraction of sp³-hybridized carbons (Fsp3) is 0.400. The van der Waals surface area contributed by atoms with Crippen LogP contribution in [-0.2, 0) is 12.8 Å². The first-order chi connectivity index (χ1) is 12.1. The minimum absolute atomic E-state index is 0.290. The second-order valence-corrected chi connectivity index (χ2v) is 6.29. The van der Waals surface area contributed by atoms with Crippen LogP contribution >= 0.6 is 0 Å². The first-order valence-corrected chi connectivity index (χ1v) is 8.43. The zero-order chi connectivity index (χ0) is 18.1. The summed E-state index contributed by atoms with van der Waals surface area (Å²) in [6, 6.07) is 15.7. The minimum atomic E-state index is -0.374. The first-order valence-electron chi connectivity index (χ1n) is 8.43. The molecule has 0 heterocycles. The molecule has 25 heavy (non-hydrogen) atoms. The second kappa shape index (κ2) is 9.79. The van der Waals surface area contributed by atoms with E-state index in [-0.39, 0.29) is 12.6 Å². The molecule has 0 spiro atoms. The fourth-order valence-electron chi connectivity index (χ4n) is 2.68. The fourth-order valence-corrected chi connectivity index (χ4v) is 2.68. The van der Waals surface area contributed by atoms with Crippen LogP contribution in [-0.4, -0.2) is 45.3 Å². The molecule has 0 unspecified atom stereocenters. The zero-order valence-electron chi connectivity index (χ0n) is 15.1. The van der Waals surface area contributed by atoms with Crippen LogP contribution in [0.4, 0.5) is 0 Å². The van der Waals surface area contributed by atoms with E-state index in [1.54, 1.807) is 7.11 Å².